The van der Waals surface area contributed by atoms with Gasteiger partial charge in [-0.05, 0) is 51.1 Å². The molecular formula is C19H24Cl2N6O. The summed E-state index contributed by atoms with van der Waals surface area (Å²) in [7, 11) is 1.94. The zero-order chi connectivity index (χ0) is 18.1. The fourth-order valence-electron chi connectivity index (χ4n) is 3.57. The number of benzene rings is 1. The van der Waals surface area contributed by atoms with Gasteiger partial charge in [0, 0.05) is 30.7 Å². The van der Waals surface area contributed by atoms with Gasteiger partial charge < -0.3 is 10.2 Å². The number of hydrogen-bond acceptors (Lipinski definition) is 5. The van der Waals surface area contributed by atoms with Crippen molar-refractivity contribution < 1.29 is 4.79 Å². The van der Waals surface area contributed by atoms with E-state index in [1.165, 1.54) is 0 Å². The molecule has 4 rings (SSSR count). The van der Waals surface area contributed by atoms with Crippen molar-refractivity contribution in [3.8, 4) is 5.69 Å². The largest absolute Gasteiger partial charge is 0.336 e. The van der Waals surface area contributed by atoms with Crippen molar-refractivity contribution in [3.05, 3.63) is 47.9 Å². The number of pyridine rings is 1. The zero-order valence-electron chi connectivity index (χ0n) is 15.8. The highest BCUT2D eigenvalue weighted by atomic mass is 35.5. The monoisotopic (exact) mass is 422 g/mol. The molecule has 150 valence electrons. The molecule has 0 saturated carbocycles. The third-order valence-corrected chi connectivity index (χ3v) is 5.06. The molecule has 0 radical (unpaired) electrons. The first-order valence-electron chi connectivity index (χ1n) is 8.92. The van der Waals surface area contributed by atoms with Gasteiger partial charge in [0.05, 0.1) is 16.9 Å². The Balaban J connectivity index is 0.00000140. The number of nitrogens with zero attached hydrogens (tertiary/aromatic N) is 5. The molecule has 28 heavy (non-hydrogen) atoms. The Kier molecular flexibility index (Phi) is 7.35. The van der Waals surface area contributed by atoms with Gasteiger partial charge in [0.15, 0.2) is 5.69 Å². The minimum Gasteiger partial charge on any atom is -0.336 e. The first kappa shape index (κ1) is 22.1. The van der Waals surface area contributed by atoms with Crippen molar-refractivity contribution in [1.29, 1.82) is 0 Å². The van der Waals surface area contributed by atoms with Crippen LogP contribution in [0.5, 0.6) is 0 Å². The predicted octanol–water partition coefficient (Wildman–Crippen LogP) is 2.79. The molecule has 3 heterocycles. The van der Waals surface area contributed by atoms with E-state index in [9.17, 15) is 4.79 Å². The van der Waals surface area contributed by atoms with Crippen LogP contribution in [0.1, 0.15) is 29.0 Å². The number of rotatable bonds is 3. The van der Waals surface area contributed by atoms with Crippen molar-refractivity contribution in [3.63, 3.8) is 0 Å². The van der Waals surface area contributed by atoms with Crippen LogP contribution >= 0.6 is 24.8 Å². The average molecular weight is 423 g/mol. The maximum atomic E-state index is 13.0. The van der Waals surface area contributed by atoms with Gasteiger partial charge in [-0.2, -0.15) is 0 Å². The number of likely N-dealkylation sites (N-methyl/N-ethyl adjacent to an activating group) is 1. The Morgan fingerprint density at radius 1 is 1.21 bits per heavy atom. The highest BCUT2D eigenvalue weighted by Crippen LogP contribution is 2.22. The second-order valence-electron chi connectivity index (χ2n) is 6.66. The molecule has 9 heteroatoms. The van der Waals surface area contributed by atoms with Crippen LogP contribution < -0.4 is 5.32 Å². The molecule has 1 aliphatic rings. The van der Waals surface area contributed by atoms with E-state index in [2.05, 4.69) is 20.6 Å². The molecule has 2 aromatic heterocycles. The minimum absolute atomic E-state index is 0. The fourth-order valence-corrected chi connectivity index (χ4v) is 3.57. The summed E-state index contributed by atoms with van der Waals surface area (Å²) in [6.07, 6.45) is 3.86. The number of nitrogens with one attached hydrogen (secondary N) is 1. The summed E-state index contributed by atoms with van der Waals surface area (Å²) in [4.78, 5) is 19.2. The summed E-state index contributed by atoms with van der Waals surface area (Å²) in [5.74, 6) is -0.0490. The SMILES string of the molecule is CNC1CCCN(C(=O)c2nnn(-c3cccc4ncccc34)c2C)C1.Cl.Cl. The molecule has 1 saturated heterocycles. The van der Waals surface area contributed by atoms with E-state index in [0.717, 1.165) is 41.7 Å². The summed E-state index contributed by atoms with van der Waals surface area (Å²) in [6, 6.07) is 10.1. The zero-order valence-corrected chi connectivity index (χ0v) is 17.5. The Hall–Kier alpha value is -2.22. The number of carbonyl (C=O) groups is 1. The number of amides is 1. The summed E-state index contributed by atoms with van der Waals surface area (Å²) in [5.41, 5.74) is 2.94. The van der Waals surface area contributed by atoms with Crippen LogP contribution in [0.4, 0.5) is 0 Å². The number of hydrogen-bond donors (Lipinski definition) is 1. The molecule has 1 aromatic carbocycles. The second kappa shape index (κ2) is 9.32. The van der Waals surface area contributed by atoms with Crippen molar-refractivity contribution in [2.24, 2.45) is 0 Å². The van der Waals surface area contributed by atoms with Crippen LogP contribution in [0.2, 0.25) is 0 Å². The quantitative estimate of drug-likeness (QED) is 0.701. The molecule has 1 unspecified atom stereocenters. The number of likely N-dealkylation sites (tertiary alicyclic amines) is 1. The lowest BCUT2D eigenvalue weighted by molar-refractivity contribution is 0.0691. The standard InChI is InChI=1S/C19H22N6O.2ClH/c1-13-18(19(26)24-11-5-6-14(12-24)20-2)22-23-25(13)17-9-3-8-16-15(17)7-4-10-21-16;;/h3-4,7-10,14,20H,5-6,11-12H2,1-2H3;2*1H. The third kappa shape index (κ3) is 3.97. The molecule has 7 nitrogen and oxygen atoms in total. The molecule has 1 fully saturated rings. The van der Waals surface area contributed by atoms with Crippen LogP contribution in [0.15, 0.2) is 36.5 Å². The van der Waals surface area contributed by atoms with E-state index in [0.29, 0.717) is 18.3 Å². The van der Waals surface area contributed by atoms with Crippen LogP contribution in [0, 0.1) is 6.92 Å². The van der Waals surface area contributed by atoms with Crippen molar-refractivity contribution in [1.82, 2.24) is 30.2 Å². The van der Waals surface area contributed by atoms with Crippen LogP contribution in [0.3, 0.4) is 0 Å². The van der Waals surface area contributed by atoms with Gasteiger partial charge in [-0.15, -0.1) is 29.9 Å². The first-order chi connectivity index (χ1) is 12.7. The topological polar surface area (TPSA) is 75.9 Å². The summed E-state index contributed by atoms with van der Waals surface area (Å²) < 4.78 is 1.73. The molecule has 0 bridgehead atoms. The lowest BCUT2D eigenvalue weighted by Gasteiger charge is -2.32. The van der Waals surface area contributed by atoms with Gasteiger partial charge in [-0.1, -0.05) is 11.3 Å². The fraction of sp³-hybridized carbons (Fsp3) is 0.368. The highest BCUT2D eigenvalue weighted by molar-refractivity contribution is 5.94. The van der Waals surface area contributed by atoms with E-state index in [-0.39, 0.29) is 30.7 Å². The van der Waals surface area contributed by atoms with E-state index in [4.69, 9.17) is 0 Å². The molecule has 3 aromatic rings. The van der Waals surface area contributed by atoms with E-state index in [1.807, 2.05) is 49.2 Å². The lowest BCUT2D eigenvalue weighted by Crippen LogP contribution is -2.47. The Bertz CT molecular complexity index is 955. The van der Waals surface area contributed by atoms with Gasteiger partial charge in [0.25, 0.3) is 5.91 Å². The van der Waals surface area contributed by atoms with Crippen molar-refractivity contribution in [2.45, 2.75) is 25.8 Å². The Morgan fingerprint density at radius 3 is 2.82 bits per heavy atom. The smallest absolute Gasteiger partial charge is 0.276 e. The number of piperidine rings is 1. The molecule has 1 amide bonds. The third-order valence-electron chi connectivity index (χ3n) is 5.06. The van der Waals surface area contributed by atoms with Crippen LogP contribution in [-0.4, -0.2) is 57.0 Å². The van der Waals surface area contributed by atoms with E-state index in [1.54, 1.807) is 10.9 Å². The number of fused-ring (bicyclic) bond motifs is 1. The predicted molar refractivity (Wildman–Crippen MR) is 114 cm³/mol. The summed E-state index contributed by atoms with van der Waals surface area (Å²) in [5, 5.41) is 12.7. The normalized spacial score (nSPS) is 16.4. The van der Waals surface area contributed by atoms with E-state index < -0.39 is 0 Å². The number of aromatic nitrogens is 4. The molecule has 0 spiro atoms. The van der Waals surface area contributed by atoms with Gasteiger partial charge in [-0.3, -0.25) is 9.78 Å². The molecule has 0 aliphatic carbocycles. The number of carbonyl (C=O) groups excluding carboxylic acids is 1. The van der Waals surface area contributed by atoms with Crippen molar-refractivity contribution in [2.75, 3.05) is 20.1 Å². The summed E-state index contributed by atoms with van der Waals surface area (Å²) >= 11 is 0. The van der Waals surface area contributed by atoms with Gasteiger partial charge in [0.1, 0.15) is 0 Å². The maximum Gasteiger partial charge on any atom is 0.276 e. The van der Waals surface area contributed by atoms with Crippen LogP contribution in [-0.2, 0) is 0 Å². The molecule has 1 aliphatic heterocycles. The van der Waals surface area contributed by atoms with E-state index >= 15 is 0 Å². The van der Waals surface area contributed by atoms with Gasteiger partial charge in [0.2, 0.25) is 0 Å². The second-order valence-corrected chi connectivity index (χ2v) is 6.66. The Labute approximate surface area is 176 Å². The minimum atomic E-state index is -0.0490. The first-order valence-corrected chi connectivity index (χ1v) is 8.92. The van der Waals surface area contributed by atoms with Crippen LogP contribution in [0.25, 0.3) is 16.6 Å². The van der Waals surface area contributed by atoms with Gasteiger partial charge in [-0.25, -0.2) is 4.68 Å². The van der Waals surface area contributed by atoms with Crippen molar-refractivity contribution >= 4 is 41.6 Å². The Morgan fingerprint density at radius 2 is 2.04 bits per heavy atom. The number of halogens is 2. The molecule has 1 N–H and O–H groups in total. The average Bonchev–Trinajstić information content (AvgIpc) is 3.08. The molecule has 1 atom stereocenters. The lowest BCUT2D eigenvalue weighted by atomic mass is 10.1. The van der Waals surface area contributed by atoms with Gasteiger partial charge >= 0.3 is 0 Å². The molecular weight excluding hydrogens is 399 g/mol. The maximum absolute atomic E-state index is 13.0. The highest BCUT2D eigenvalue weighted by Gasteiger charge is 2.27. The summed E-state index contributed by atoms with van der Waals surface area (Å²) in [6.45, 7) is 3.36.